The van der Waals surface area contributed by atoms with Crippen LogP contribution in [0.4, 0.5) is 0 Å². The van der Waals surface area contributed by atoms with Gasteiger partial charge in [0.2, 0.25) is 0 Å². The summed E-state index contributed by atoms with van der Waals surface area (Å²) < 4.78 is 14.4. The van der Waals surface area contributed by atoms with Gasteiger partial charge in [-0.15, -0.1) is 0 Å². The molecule has 164 valence electrons. The van der Waals surface area contributed by atoms with Crippen molar-refractivity contribution in [2.75, 3.05) is 13.2 Å². The third-order valence-electron chi connectivity index (χ3n) is 4.83. The van der Waals surface area contributed by atoms with E-state index in [0.29, 0.717) is 41.4 Å². The van der Waals surface area contributed by atoms with Gasteiger partial charge in [0.1, 0.15) is 5.82 Å². The molecule has 0 bridgehead atoms. The number of fused-ring (bicyclic) bond motifs is 1. The van der Waals surface area contributed by atoms with Gasteiger partial charge in [-0.3, -0.25) is 4.79 Å². The number of hydrogen-bond donors (Lipinski definition) is 0. The monoisotopic (exact) mass is 549 g/mol. The Kier molecular flexibility index (Phi) is 7.89. The molecule has 2 aromatic carbocycles. The van der Waals surface area contributed by atoms with Gasteiger partial charge in [0, 0.05) is 10.4 Å². The van der Waals surface area contributed by atoms with Gasteiger partial charge in [0.05, 0.1) is 34.8 Å². The molecule has 0 fully saturated rings. The van der Waals surface area contributed by atoms with Crippen molar-refractivity contribution in [3.8, 4) is 11.5 Å². The number of rotatable bonds is 8. The molecule has 0 aliphatic rings. The average molecular weight is 551 g/mol. The van der Waals surface area contributed by atoms with E-state index in [1.165, 1.54) is 4.68 Å². The van der Waals surface area contributed by atoms with Gasteiger partial charge in [-0.25, -0.2) is 4.98 Å². The molecule has 0 aliphatic heterocycles. The first kappa shape index (κ1) is 23.5. The molecule has 1 atom stereocenters. The van der Waals surface area contributed by atoms with E-state index in [2.05, 4.69) is 43.9 Å². The van der Waals surface area contributed by atoms with Crippen LogP contribution in [0, 0.1) is 0 Å². The predicted octanol–water partition coefficient (Wildman–Crippen LogP) is 6.11. The van der Waals surface area contributed by atoms with E-state index in [4.69, 9.17) is 14.5 Å². The fraction of sp³-hybridized carbons (Fsp3) is 0.348. The molecule has 3 rings (SSSR count). The van der Waals surface area contributed by atoms with Crippen LogP contribution in [0.25, 0.3) is 10.9 Å². The summed E-state index contributed by atoms with van der Waals surface area (Å²) in [5, 5.41) is 5.04. The van der Waals surface area contributed by atoms with Crippen molar-refractivity contribution in [2.45, 2.75) is 40.0 Å². The zero-order chi connectivity index (χ0) is 22.5. The molecule has 0 unspecified atom stereocenters. The van der Waals surface area contributed by atoms with Crippen molar-refractivity contribution in [3.05, 3.63) is 61.0 Å². The van der Waals surface area contributed by atoms with Crippen molar-refractivity contribution in [1.29, 1.82) is 0 Å². The second-order valence-electron chi connectivity index (χ2n) is 7.00. The Labute approximate surface area is 198 Å². The molecule has 0 radical (unpaired) electrons. The van der Waals surface area contributed by atoms with E-state index in [1.54, 1.807) is 12.3 Å². The number of aromatic nitrogens is 2. The third kappa shape index (κ3) is 5.18. The van der Waals surface area contributed by atoms with Crippen molar-refractivity contribution < 1.29 is 9.47 Å². The summed E-state index contributed by atoms with van der Waals surface area (Å²) in [6.45, 7) is 8.98. The van der Waals surface area contributed by atoms with Gasteiger partial charge in [-0.05, 0) is 72.1 Å². The summed E-state index contributed by atoms with van der Waals surface area (Å²) in [5.41, 5.74) is 1.24. The van der Waals surface area contributed by atoms with Crippen LogP contribution in [0.15, 0.2) is 49.2 Å². The lowest BCUT2D eigenvalue weighted by molar-refractivity contribution is 0.286. The molecule has 8 heteroatoms. The number of benzene rings is 2. The maximum absolute atomic E-state index is 13.3. The Hall–Kier alpha value is -2.19. The van der Waals surface area contributed by atoms with Gasteiger partial charge in [-0.1, -0.05) is 29.8 Å². The summed E-state index contributed by atoms with van der Waals surface area (Å²) in [7, 11) is 0. The van der Waals surface area contributed by atoms with Crippen LogP contribution in [0.2, 0.25) is 0 Å². The minimum absolute atomic E-state index is 0.0731. The number of nitrogens with zero attached hydrogens (tertiary/aromatic N) is 3. The topological polar surface area (TPSA) is 65.7 Å². The molecule has 0 amide bonds. The molecule has 0 saturated carbocycles. The molecule has 6 nitrogen and oxygen atoms in total. The highest BCUT2D eigenvalue weighted by molar-refractivity contribution is 9.10. The average Bonchev–Trinajstić information content (AvgIpc) is 2.75. The number of ether oxygens (including phenoxy) is 2. The highest BCUT2D eigenvalue weighted by Gasteiger charge is 2.16. The lowest BCUT2D eigenvalue weighted by Crippen LogP contribution is -2.23. The van der Waals surface area contributed by atoms with E-state index in [0.717, 1.165) is 20.9 Å². The smallest absolute Gasteiger partial charge is 0.282 e. The molecule has 31 heavy (non-hydrogen) atoms. The summed E-state index contributed by atoms with van der Waals surface area (Å²) >= 11 is 6.98. The lowest BCUT2D eigenvalue weighted by atomic mass is 10.1. The standard InChI is InChI=1S/C23H25Br2N3O3/c1-5-14(4)22-27-19-9-8-16(24)12-17(19)23(29)28(22)26-13-15-10-18(25)21(31-7-3)20(11-15)30-6-2/h8-14H,5-7H2,1-4H3/t14-/m0/s1. The molecular formula is C23H25Br2N3O3. The minimum atomic E-state index is -0.201. The first-order valence-corrected chi connectivity index (χ1v) is 11.8. The summed E-state index contributed by atoms with van der Waals surface area (Å²) in [6.07, 6.45) is 2.48. The van der Waals surface area contributed by atoms with E-state index < -0.39 is 0 Å². The second kappa shape index (κ2) is 10.4. The zero-order valence-corrected chi connectivity index (χ0v) is 21.2. The molecule has 3 aromatic rings. The van der Waals surface area contributed by atoms with Crippen molar-refractivity contribution in [2.24, 2.45) is 5.10 Å². The molecule has 1 aromatic heterocycles. The zero-order valence-electron chi connectivity index (χ0n) is 18.0. The Balaban J connectivity index is 2.14. The lowest BCUT2D eigenvalue weighted by Gasteiger charge is -2.15. The minimum Gasteiger partial charge on any atom is -0.490 e. The van der Waals surface area contributed by atoms with Gasteiger partial charge < -0.3 is 9.47 Å². The fourth-order valence-electron chi connectivity index (χ4n) is 3.11. The van der Waals surface area contributed by atoms with Crippen molar-refractivity contribution >= 4 is 49.0 Å². The van der Waals surface area contributed by atoms with Gasteiger partial charge in [-0.2, -0.15) is 9.78 Å². The van der Waals surface area contributed by atoms with Gasteiger partial charge in [0.15, 0.2) is 11.5 Å². The molecular weight excluding hydrogens is 526 g/mol. The quantitative estimate of drug-likeness (QED) is 0.317. The molecule has 0 N–H and O–H groups in total. The number of halogens is 2. The SMILES string of the molecule is CCOc1cc(C=Nn2c([C@@H](C)CC)nc3ccc(Br)cc3c2=O)cc(Br)c1OCC. The maximum atomic E-state index is 13.3. The first-order valence-electron chi connectivity index (χ1n) is 10.2. The van der Waals surface area contributed by atoms with E-state index >= 15 is 0 Å². The van der Waals surface area contributed by atoms with Crippen LogP contribution in [0.3, 0.4) is 0 Å². The Morgan fingerprint density at radius 2 is 1.87 bits per heavy atom. The highest BCUT2D eigenvalue weighted by Crippen LogP contribution is 2.36. The normalized spacial score (nSPS) is 12.5. The highest BCUT2D eigenvalue weighted by atomic mass is 79.9. The summed E-state index contributed by atoms with van der Waals surface area (Å²) in [6, 6.07) is 9.24. The Morgan fingerprint density at radius 3 is 2.55 bits per heavy atom. The van der Waals surface area contributed by atoms with E-state index in [-0.39, 0.29) is 11.5 Å². The summed E-state index contributed by atoms with van der Waals surface area (Å²) in [5.74, 6) is 1.98. The molecule has 0 spiro atoms. The van der Waals surface area contributed by atoms with E-state index in [9.17, 15) is 4.79 Å². The predicted molar refractivity (Wildman–Crippen MR) is 132 cm³/mol. The van der Waals surface area contributed by atoms with Gasteiger partial charge in [0.25, 0.3) is 5.56 Å². The fourth-order valence-corrected chi connectivity index (χ4v) is 4.05. The first-order chi connectivity index (χ1) is 14.9. The van der Waals surface area contributed by atoms with Crippen molar-refractivity contribution in [1.82, 2.24) is 9.66 Å². The number of hydrogen-bond acceptors (Lipinski definition) is 5. The van der Waals surface area contributed by atoms with Crippen LogP contribution >= 0.6 is 31.9 Å². The molecule has 1 heterocycles. The van der Waals surface area contributed by atoms with Crippen LogP contribution in [0.1, 0.15) is 51.4 Å². The Bertz CT molecular complexity index is 1170. The molecule has 0 aliphatic carbocycles. The van der Waals surface area contributed by atoms with E-state index in [1.807, 2.05) is 45.0 Å². The van der Waals surface area contributed by atoms with Gasteiger partial charge >= 0.3 is 0 Å². The third-order valence-corrected chi connectivity index (χ3v) is 5.91. The van der Waals surface area contributed by atoms with Crippen LogP contribution in [-0.4, -0.2) is 29.1 Å². The van der Waals surface area contributed by atoms with Crippen LogP contribution < -0.4 is 15.0 Å². The molecule has 0 saturated heterocycles. The van der Waals surface area contributed by atoms with Crippen LogP contribution in [-0.2, 0) is 0 Å². The Morgan fingerprint density at radius 1 is 1.13 bits per heavy atom. The van der Waals surface area contributed by atoms with Crippen LogP contribution in [0.5, 0.6) is 11.5 Å². The van der Waals surface area contributed by atoms with Crippen molar-refractivity contribution in [3.63, 3.8) is 0 Å². The maximum Gasteiger partial charge on any atom is 0.282 e. The second-order valence-corrected chi connectivity index (χ2v) is 8.77. The summed E-state index contributed by atoms with van der Waals surface area (Å²) in [4.78, 5) is 18.0. The largest absolute Gasteiger partial charge is 0.490 e.